The van der Waals surface area contributed by atoms with Crippen molar-refractivity contribution in [2.75, 3.05) is 5.32 Å². The molecule has 0 unspecified atom stereocenters. The van der Waals surface area contributed by atoms with Gasteiger partial charge in [0.05, 0.1) is 27.8 Å². The Hall–Kier alpha value is -2.36. The van der Waals surface area contributed by atoms with E-state index < -0.39 is 0 Å². The zero-order valence-electron chi connectivity index (χ0n) is 14.8. The van der Waals surface area contributed by atoms with Gasteiger partial charge < -0.3 is 5.32 Å². The molecule has 0 saturated carbocycles. The van der Waals surface area contributed by atoms with Crippen molar-refractivity contribution in [3.8, 4) is 10.6 Å². The lowest BCUT2D eigenvalue weighted by Crippen LogP contribution is -2.23. The van der Waals surface area contributed by atoms with E-state index in [0.29, 0.717) is 16.0 Å². The van der Waals surface area contributed by atoms with E-state index in [0.717, 1.165) is 15.0 Å². The number of hydrogen-bond acceptors (Lipinski definition) is 6. The van der Waals surface area contributed by atoms with E-state index in [1.54, 1.807) is 23.5 Å². The minimum Gasteiger partial charge on any atom is -0.302 e. The van der Waals surface area contributed by atoms with E-state index in [1.165, 1.54) is 27.1 Å². The lowest BCUT2D eigenvalue weighted by Gasteiger charge is -2.06. The van der Waals surface area contributed by atoms with Crippen LogP contribution < -0.4 is 10.9 Å². The molecule has 0 aliphatic carbocycles. The molecule has 0 fully saturated rings. The second kappa shape index (κ2) is 7.94. The van der Waals surface area contributed by atoms with Gasteiger partial charge in [-0.25, -0.2) is 9.97 Å². The maximum atomic E-state index is 12.6. The monoisotopic (exact) mass is 474 g/mol. The number of nitrogens with one attached hydrogen (secondary N) is 1. The smallest absolute Gasteiger partial charge is 0.261 e. The average Bonchev–Trinajstić information content (AvgIpc) is 3.30. The second-order valence-electron chi connectivity index (χ2n) is 6.15. The third kappa shape index (κ3) is 4.06. The van der Waals surface area contributed by atoms with Gasteiger partial charge in [0.15, 0.2) is 5.13 Å². The fraction of sp³-hybridized carbons (Fsp3) is 0.158. The van der Waals surface area contributed by atoms with Gasteiger partial charge in [0, 0.05) is 27.7 Å². The van der Waals surface area contributed by atoms with Gasteiger partial charge >= 0.3 is 0 Å². The number of thiazole rings is 1. The first-order valence-electron chi connectivity index (χ1n) is 8.46. The fourth-order valence-corrected chi connectivity index (χ4v) is 4.70. The minimum absolute atomic E-state index is 0.161. The number of rotatable bonds is 5. The summed E-state index contributed by atoms with van der Waals surface area (Å²) in [6, 6.07) is 9.44. The van der Waals surface area contributed by atoms with Crippen LogP contribution in [0.25, 0.3) is 21.5 Å². The Morgan fingerprint density at radius 1 is 1.29 bits per heavy atom. The van der Waals surface area contributed by atoms with Crippen LogP contribution in [0.2, 0.25) is 0 Å². The van der Waals surface area contributed by atoms with Gasteiger partial charge in [0.1, 0.15) is 0 Å². The third-order valence-corrected chi connectivity index (χ3v) is 6.38. The summed E-state index contributed by atoms with van der Waals surface area (Å²) in [5.41, 5.74) is 1.33. The van der Waals surface area contributed by atoms with Crippen LogP contribution in [0, 0.1) is 6.92 Å². The van der Waals surface area contributed by atoms with E-state index >= 15 is 0 Å². The number of nitrogens with zero attached hydrogens (tertiary/aromatic N) is 3. The molecule has 3 aromatic heterocycles. The number of benzene rings is 1. The molecule has 142 valence electrons. The van der Waals surface area contributed by atoms with Crippen LogP contribution in [0.4, 0.5) is 5.13 Å². The molecule has 3 heterocycles. The molecule has 0 bridgehead atoms. The van der Waals surface area contributed by atoms with Crippen molar-refractivity contribution in [1.82, 2.24) is 14.5 Å². The van der Waals surface area contributed by atoms with Crippen molar-refractivity contribution in [2.45, 2.75) is 19.9 Å². The third-order valence-electron chi connectivity index (χ3n) is 4.11. The minimum atomic E-state index is -0.190. The Balaban J connectivity index is 1.42. The number of anilines is 1. The predicted octanol–water partition coefficient (Wildman–Crippen LogP) is 4.68. The first-order chi connectivity index (χ1) is 13.5. The molecule has 0 spiro atoms. The summed E-state index contributed by atoms with van der Waals surface area (Å²) < 4.78 is 2.27. The molecule has 0 radical (unpaired) electrons. The molecule has 0 atom stereocenters. The first-order valence-corrected chi connectivity index (χ1v) is 11.0. The molecular formula is C19H15BrN4O2S2. The Morgan fingerprint density at radius 3 is 2.93 bits per heavy atom. The van der Waals surface area contributed by atoms with Crippen LogP contribution in [0.3, 0.4) is 0 Å². The zero-order valence-corrected chi connectivity index (χ0v) is 18.0. The van der Waals surface area contributed by atoms with E-state index in [4.69, 9.17) is 0 Å². The number of fused-ring (bicyclic) bond motifs is 1. The van der Waals surface area contributed by atoms with E-state index in [9.17, 15) is 9.59 Å². The zero-order chi connectivity index (χ0) is 19.7. The maximum Gasteiger partial charge on any atom is 0.261 e. The summed E-state index contributed by atoms with van der Waals surface area (Å²) in [4.78, 5) is 35.9. The number of amides is 1. The van der Waals surface area contributed by atoms with Crippen molar-refractivity contribution in [1.29, 1.82) is 0 Å². The highest BCUT2D eigenvalue weighted by Gasteiger charge is 2.11. The molecule has 0 saturated heterocycles. The van der Waals surface area contributed by atoms with Crippen LogP contribution in [-0.4, -0.2) is 20.4 Å². The molecule has 0 aliphatic rings. The van der Waals surface area contributed by atoms with Crippen molar-refractivity contribution in [2.24, 2.45) is 0 Å². The molecule has 1 N–H and O–H groups in total. The first kappa shape index (κ1) is 19.0. The van der Waals surface area contributed by atoms with Crippen LogP contribution in [0.5, 0.6) is 0 Å². The molecule has 28 heavy (non-hydrogen) atoms. The van der Waals surface area contributed by atoms with Crippen LogP contribution >= 0.6 is 38.6 Å². The quantitative estimate of drug-likeness (QED) is 0.455. The van der Waals surface area contributed by atoms with Crippen molar-refractivity contribution in [3.63, 3.8) is 0 Å². The number of hydrogen-bond donors (Lipinski definition) is 1. The summed E-state index contributed by atoms with van der Waals surface area (Å²) in [5, 5.41) is 5.81. The van der Waals surface area contributed by atoms with E-state index in [1.807, 2.05) is 30.5 Å². The van der Waals surface area contributed by atoms with Gasteiger partial charge in [0.25, 0.3) is 5.56 Å². The van der Waals surface area contributed by atoms with Crippen LogP contribution in [0.1, 0.15) is 11.3 Å². The Bertz CT molecular complexity index is 1230. The molecule has 4 rings (SSSR count). The standard InChI is InChI=1S/C19H15BrN4O2S2/c1-11-2-5-16(28-11)15-9-27-19(22-15)23-17(25)6-7-24-10-21-14-4-3-12(20)8-13(14)18(24)26/h2-5,8-10H,6-7H2,1H3,(H,22,23,25). The Labute approximate surface area is 177 Å². The molecule has 6 nitrogen and oxygen atoms in total. The van der Waals surface area contributed by atoms with Gasteiger partial charge in [-0.2, -0.15) is 0 Å². The molecule has 4 aromatic rings. The summed E-state index contributed by atoms with van der Waals surface area (Å²) in [6.07, 6.45) is 1.64. The molecule has 9 heteroatoms. The summed E-state index contributed by atoms with van der Waals surface area (Å²) in [6.45, 7) is 2.30. The normalized spacial score (nSPS) is 11.1. The van der Waals surface area contributed by atoms with Gasteiger partial charge in [-0.05, 0) is 37.3 Å². The van der Waals surface area contributed by atoms with Crippen LogP contribution in [-0.2, 0) is 11.3 Å². The number of halogens is 1. The Kier molecular flexibility index (Phi) is 5.38. The highest BCUT2D eigenvalue weighted by atomic mass is 79.9. The van der Waals surface area contributed by atoms with Gasteiger partial charge in [-0.1, -0.05) is 15.9 Å². The second-order valence-corrected chi connectivity index (χ2v) is 9.21. The number of carbonyl (C=O) groups is 1. The Morgan fingerprint density at radius 2 is 2.14 bits per heavy atom. The fourth-order valence-electron chi connectivity index (χ4n) is 2.71. The largest absolute Gasteiger partial charge is 0.302 e. The highest BCUT2D eigenvalue weighted by Crippen LogP contribution is 2.30. The van der Waals surface area contributed by atoms with Crippen LogP contribution in [0.15, 0.2) is 51.3 Å². The predicted molar refractivity (Wildman–Crippen MR) is 117 cm³/mol. The van der Waals surface area contributed by atoms with Crippen molar-refractivity contribution in [3.05, 3.63) is 61.7 Å². The lowest BCUT2D eigenvalue weighted by molar-refractivity contribution is -0.116. The molecule has 1 aromatic carbocycles. The average molecular weight is 475 g/mol. The SMILES string of the molecule is Cc1ccc(-c2csc(NC(=O)CCn3cnc4ccc(Br)cc4c3=O)n2)s1. The highest BCUT2D eigenvalue weighted by molar-refractivity contribution is 9.10. The number of aryl methyl sites for hydroxylation is 2. The molecule has 0 aliphatic heterocycles. The van der Waals surface area contributed by atoms with Crippen molar-refractivity contribution >= 4 is 60.5 Å². The van der Waals surface area contributed by atoms with Gasteiger partial charge in [0.2, 0.25) is 5.91 Å². The summed E-state index contributed by atoms with van der Waals surface area (Å²) in [7, 11) is 0. The van der Waals surface area contributed by atoms with Gasteiger partial charge in [-0.15, -0.1) is 22.7 Å². The van der Waals surface area contributed by atoms with E-state index in [2.05, 4.69) is 31.2 Å². The summed E-state index contributed by atoms with van der Waals surface area (Å²) in [5.74, 6) is -0.190. The molecular weight excluding hydrogens is 460 g/mol. The van der Waals surface area contributed by atoms with E-state index in [-0.39, 0.29) is 24.4 Å². The number of carbonyl (C=O) groups excluding carboxylic acids is 1. The maximum absolute atomic E-state index is 12.6. The topological polar surface area (TPSA) is 76.9 Å². The molecule has 1 amide bonds. The van der Waals surface area contributed by atoms with Gasteiger partial charge in [-0.3, -0.25) is 14.2 Å². The number of thiophene rings is 1. The summed E-state index contributed by atoms with van der Waals surface area (Å²) >= 11 is 6.42. The lowest BCUT2D eigenvalue weighted by atomic mass is 10.2. The van der Waals surface area contributed by atoms with Crippen molar-refractivity contribution < 1.29 is 4.79 Å². The number of aromatic nitrogens is 3.